The molecular formula is C14H29N3O. The van der Waals surface area contributed by atoms with Crippen LogP contribution in [0.25, 0.3) is 0 Å². The summed E-state index contributed by atoms with van der Waals surface area (Å²) in [6, 6.07) is 0. The molecule has 106 valence electrons. The van der Waals surface area contributed by atoms with Crippen molar-refractivity contribution < 1.29 is 4.74 Å². The summed E-state index contributed by atoms with van der Waals surface area (Å²) in [6.45, 7) is 7.37. The average Bonchev–Trinajstić information content (AvgIpc) is 2.80. The van der Waals surface area contributed by atoms with E-state index in [9.17, 15) is 0 Å². The minimum absolute atomic E-state index is 0.244. The van der Waals surface area contributed by atoms with Crippen molar-refractivity contribution in [2.45, 2.75) is 19.3 Å². The lowest BCUT2D eigenvalue weighted by Crippen LogP contribution is -2.46. The lowest BCUT2D eigenvalue weighted by Gasteiger charge is -2.38. The normalized spacial score (nSPS) is 31.3. The summed E-state index contributed by atoms with van der Waals surface area (Å²) in [5, 5.41) is 0. The summed E-state index contributed by atoms with van der Waals surface area (Å²) in [6.07, 6.45) is 3.81. The molecule has 0 aromatic rings. The zero-order valence-corrected chi connectivity index (χ0v) is 12.0. The second-order valence-electron chi connectivity index (χ2n) is 6.49. The van der Waals surface area contributed by atoms with Crippen molar-refractivity contribution >= 4 is 0 Å². The summed E-state index contributed by atoms with van der Waals surface area (Å²) >= 11 is 0. The van der Waals surface area contributed by atoms with Crippen LogP contribution in [-0.2, 0) is 4.74 Å². The summed E-state index contributed by atoms with van der Waals surface area (Å²) in [5.41, 5.74) is 6.21. The van der Waals surface area contributed by atoms with Gasteiger partial charge in [0.2, 0.25) is 0 Å². The van der Waals surface area contributed by atoms with E-state index in [4.69, 9.17) is 10.5 Å². The number of hydrogen-bond donors (Lipinski definition) is 1. The maximum atomic E-state index is 5.97. The van der Waals surface area contributed by atoms with E-state index in [0.29, 0.717) is 0 Å². The molecule has 4 heteroatoms. The molecule has 0 bridgehead atoms. The summed E-state index contributed by atoms with van der Waals surface area (Å²) < 4.78 is 5.55. The quantitative estimate of drug-likeness (QED) is 0.782. The SMILES string of the molecule is CN(C)CC1CCN(CC2(CN)CCOC2)CC1. The summed E-state index contributed by atoms with van der Waals surface area (Å²) in [7, 11) is 4.34. The molecule has 2 saturated heterocycles. The molecule has 0 aromatic carbocycles. The molecule has 2 heterocycles. The van der Waals surface area contributed by atoms with Crippen LogP contribution in [0.4, 0.5) is 0 Å². The standard InChI is InChI=1S/C14H29N3O/c1-16(2)9-13-3-6-17(7-4-13)11-14(10-15)5-8-18-12-14/h13H,3-12,15H2,1-2H3. The fraction of sp³-hybridized carbons (Fsp3) is 1.00. The monoisotopic (exact) mass is 255 g/mol. The second kappa shape index (κ2) is 6.33. The maximum absolute atomic E-state index is 5.97. The molecule has 2 N–H and O–H groups in total. The predicted octanol–water partition coefficient (Wildman–Crippen LogP) is 0.625. The Morgan fingerprint density at radius 2 is 2.06 bits per heavy atom. The highest BCUT2D eigenvalue weighted by atomic mass is 16.5. The number of rotatable bonds is 5. The van der Waals surface area contributed by atoms with Gasteiger partial charge in [-0.3, -0.25) is 0 Å². The van der Waals surface area contributed by atoms with E-state index in [-0.39, 0.29) is 5.41 Å². The van der Waals surface area contributed by atoms with E-state index in [1.54, 1.807) is 0 Å². The predicted molar refractivity (Wildman–Crippen MR) is 74.6 cm³/mol. The van der Waals surface area contributed by atoms with Crippen LogP contribution in [0.5, 0.6) is 0 Å². The van der Waals surface area contributed by atoms with E-state index >= 15 is 0 Å². The van der Waals surface area contributed by atoms with Crippen LogP contribution < -0.4 is 5.73 Å². The molecule has 0 aromatic heterocycles. The molecular weight excluding hydrogens is 226 g/mol. The van der Waals surface area contributed by atoms with Gasteiger partial charge in [-0.15, -0.1) is 0 Å². The first kappa shape index (κ1) is 14.3. The van der Waals surface area contributed by atoms with Crippen molar-refractivity contribution in [3.63, 3.8) is 0 Å². The molecule has 2 fully saturated rings. The maximum Gasteiger partial charge on any atom is 0.0547 e. The topological polar surface area (TPSA) is 41.7 Å². The molecule has 0 aliphatic carbocycles. The Labute approximate surface area is 111 Å². The molecule has 0 radical (unpaired) electrons. The van der Waals surface area contributed by atoms with Crippen LogP contribution >= 0.6 is 0 Å². The molecule has 2 rings (SSSR count). The van der Waals surface area contributed by atoms with Crippen LogP contribution in [0.3, 0.4) is 0 Å². The third-order valence-corrected chi connectivity index (χ3v) is 4.51. The molecule has 1 atom stereocenters. The third kappa shape index (κ3) is 3.67. The van der Waals surface area contributed by atoms with E-state index < -0.39 is 0 Å². The van der Waals surface area contributed by atoms with Gasteiger partial charge in [0, 0.05) is 31.7 Å². The van der Waals surface area contributed by atoms with Crippen LogP contribution in [0, 0.1) is 11.3 Å². The van der Waals surface area contributed by atoms with Gasteiger partial charge in [0.1, 0.15) is 0 Å². The molecule has 2 aliphatic heterocycles. The zero-order chi connectivity index (χ0) is 13.0. The van der Waals surface area contributed by atoms with Gasteiger partial charge in [0.25, 0.3) is 0 Å². The van der Waals surface area contributed by atoms with Gasteiger partial charge in [-0.2, -0.15) is 0 Å². The smallest absolute Gasteiger partial charge is 0.0547 e. The number of nitrogens with zero attached hydrogens (tertiary/aromatic N) is 2. The Bertz CT molecular complexity index is 243. The highest BCUT2D eigenvalue weighted by Gasteiger charge is 2.36. The first-order valence-electron chi connectivity index (χ1n) is 7.28. The Kier molecular flexibility index (Phi) is 5.01. The largest absolute Gasteiger partial charge is 0.381 e. The van der Waals surface area contributed by atoms with Crippen LogP contribution in [-0.4, -0.2) is 69.8 Å². The minimum atomic E-state index is 0.244. The molecule has 0 spiro atoms. The zero-order valence-electron chi connectivity index (χ0n) is 12.0. The third-order valence-electron chi connectivity index (χ3n) is 4.51. The van der Waals surface area contributed by atoms with E-state index in [2.05, 4.69) is 23.9 Å². The van der Waals surface area contributed by atoms with Gasteiger partial charge < -0.3 is 20.3 Å². The Balaban J connectivity index is 1.76. The van der Waals surface area contributed by atoms with Gasteiger partial charge in [0.15, 0.2) is 0 Å². The highest BCUT2D eigenvalue weighted by Crippen LogP contribution is 2.30. The van der Waals surface area contributed by atoms with Gasteiger partial charge in [0.05, 0.1) is 6.61 Å². The van der Waals surface area contributed by atoms with Crippen molar-refractivity contribution in [1.29, 1.82) is 0 Å². The Hall–Kier alpha value is -0.160. The van der Waals surface area contributed by atoms with Gasteiger partial charge in [-0.25, -0.2) is 0 Å². The lowest BCUT2D eigenvalue weighted by molar-refractivity contribution is 0.0878. The van der Waals surface area contributed by atoms with Crippen molar-refractivity contribution in [3.05, 3.63) is 0 Å². The Morgan fingerprint density at radius 1 is 1.33 bits per heavy atom. The van der Waals surface area contributed by atoms with Crippen LogP contribution in [0.1, 0.15) is 19.3 Å². The minimum Gasteiger partial charge on any atom is -0.381 e. The van der Waals surface area contributed by atoms with Gasteiger partial charge in [-0.05, 0) is 52.4 Å². The summed E-state index contributed by atoms with van der Waals surface area (Å²) in [4.78, 5) is 4.92. The molecule has 2 aliphatic rings. The molecule has 0 saturated carbocycles. The fourth-order valence-electron chi connectivity index (χ4n) is 3.32. The number of ether oxygens (including phenoxy) is 1. The van der Waals surface area contributed by atoms with Crippen LogP contribution in [0.2, 0.25) is 0 Å². The fourth-order valence-corrected chi connectivity index (χ4v) is 3.32. The molecule has 1 unspecified atom stereocenters. The average molecular weight is 255 g/mol. The lowest BCUT2D eigenvalue weighted by atomic mass is 9.85. The van der Waals surface area contributed by atoms with E-state index in [1.165, 1.54) is 32.5 Å². The Morgan fingerprint density at radius 3 is 2.56 bits per heavy atom. The number of hydrogen-bond acceptors (Lipinski definition) is 4. The van der Waals surface area contributed by atoms with Crippen molar-refractivity contribution in [3.8, 4) is 0 Å². The van der Waals surface area contributed by atoms with Crippen molar-refractivity contribution in [2.24, 2.45) is 17.1 Å². The first-order valence-corrected chi connectivity index (χ1v) is 7.28. The number of likely N-dealkylation sites (tertiary alicyclic amines) is 1. The first-order chi connectivity index (χ1) is 8.63. The van der Waals surface area contributed by atoms with Gasteiger partial charge in [-0.1, -0.05) is 0 Å². The molecule has 4 nitrogen and oxygen atoms in total. The molecule has 18 heavy (non-hydrogen) atoms. The number of nitrogens with two attached hydrogens (primary N) is 1. The number of piperidine rings is 1. The highest BCUT2D eigenvalue weighted by molar-refractivity contribution is 4.88. The van der Waals surface area contributed by atoms with E-state index in [0.717, 1.165) is 38.6 Å². The second-order valence-corrected chi connectivity index (χ2v) is 6.49. The van der Waals surface area contributed by atoms with E-state index in [1.807, 2.05) is 0 Å². The summed E-state index contributed by atoms with van der Waals surface area (Å²) in [5.74, 6) is 0.880. The van der Waals surface area contributed by atoms with Gasteiger partial charge >= 0.3 is 0 Å². The van der Waals surface area contributed by atoms with Crippen molar-refractivity contribution in [1.82, 2.24) is 9.80 Å². The van der Waals surface area contributed by atoms with Crippen molar-refractivity contribution in [2.75, 3.05) is 60.0 Å². The molecule has 0 amide bonds. The van der Waals surface area contributed by atoms with Crippen LogP contribution in [0.15, 0.2) is 0 Å².